The zero-order valence-electron chi connectivity index (χ0n) is 12.9. The van der Waals surface area contributed by atoms with Crippen LogP contribution in [0.3, 0.4) is 0 Å². The molecule has 0 spiro atoms. The first kappa shape index (κ1) is 16.6. The predicted molar refractivity (Wildman–Crippen MR) is 93.6 cm³/mol. The molecule has 0 saturated heterocycles. The van der Waals surface area contributed by atoms with Gasteiger partial charge < -0.3 is 0 Å². The number of fused-ring (bicyclic) bond motifs is 1. The van der Waals surface area contributed by atoms with Crippen LogP contribution in [-0.4, -0.2) is 18.7 Å². The Morgan fingerprint density at radius 3 is 2.38 bits per heavy atom. The summed E-state index contributed by atoms with van der Waals surface area (Å²) < 4.78 is 3.83. The molecule has 0 aliphatic rings. The van der Waals surface area contributed by atoms with Gasteiger partial charge >= 0.3 is 5.69 Å². The van der Waals surface area contributed by atoms with Crippen LogP contribution in [0.15, 0.2) is 27.8 Å². The van der Waals surface area contributed by atoms with Gasteiger partial charge in [-0.1, -0.05) is 29.3 Å². The SMILES string of the molecule is Cn1c(=O)c2c(nc(NN)n2Cc2c(Cl)cccc2Cl)n(C)c1=O. The zero-order chi connectivity index (χ0) is 17.6. The van der Waals surface area contributed by atoms with Gasteiger partial charge in [-0.05, 0) is 12.1 Å². The van der Waals surface area contributed by atoms with Crippen LogP contribution in [0.2, 0.25) is 10.0 Å². The van der Waals surface area contributed by atoms with Gasteiger partial charge in [-0.25, -0.2) is 10.6 Å². The van der Waals surface area contributed by atoms with Gasteiger partial charge in [-0.3, -0.25) is 23.9 Å². The minimum atomic E-state index is -0.481. The Bertz CT molecular complexity index is 1050. The number of aryl methyl sites for hydroxylation is 1. The van der Waals surface area contributed by atoms with Crippen LogP contribution in [0.1, 0.15) is 5.56 Å². The third-order valence-electron chi connectivity index (χ3n) is 3.85. The maximum Gasteiger partial charge on any atom is 0.332 e. The monoisotopic (exact) mass is 368 g/mol. The number of benzene rings is 1. The molecule has 1 aromatic carbocycles. The highest BCUT2D eigenvalue weighted by Crippen LogP contribution is 2.27. The summed E-state index contributed by atoms with van der Waals surface area (Å²) >= 11 is 12.4. The molecule has 2 aromatic heterocycles. The third kappa shape index (κ3) is 2.39. The van der Waals surface area contributed by atoms with Gasteiger partial charge in [-0.2, -0.15) is 4.98 Å². The Hall–Kier alpha value is -2.29. The Labute approximate surface area is 146 Å². The molecule has 8 nitrogen and oxygen atoms in total. The first-order valence-corrected chi connectivity index (χ1v) is 7.68. The van der Waals surface area contributed by atoms with Crippen LogP contribution >= 0.6 is 23.2 Å². The predicted octanol–water partition coefficient (Wildman–Crippen LogP) is 1.07. The average molecular weight is 369 g/mol. The van der Waals surface area contributed by atoms with Crippen molar-refractivity contribution in [3.05, 3.63) is 54.6 Å². The molecule has 10 heteroatoms. The summed E-state index contributed by atoms with van der Waals surface area (Å²) in [6.07, 6.45) is 0. The first-order chi connectivity index (χ1) is 11.4. The number of hydrazine groups is 1. The lowest BCUT2D eigenvalue weighted by molar-refractivity contribution is 0.702. The number of aromatic nitrogens is 4. The maximum atomic E-state index is 12.6. The molecule has 3 aromatic rings. The van der Waals surface area contributed by atoms with Crippen molar-refractivity contribution in [2.45, 2.75) is 6.54 Å². The number of anilines is 1. The lowest BCUT2D eigenvalue weighted by atomic mass is 10.2. The van der Waals surface area contributed by atoms with Gasteiger partial charge in [0, 0.05) is 29.7 Å². The lowest BCUT2D eigenvalue weighted by Crippen LogP contribution is -2.37. The Kier molecular flexibility index (Phi) is 4.12. The van der Waals surface area contributed by atoms with Crippen molar-refractivity contribution in [1.82, 2.24) is 18.7 Å². The summed E-state index contributed by atoms with van der Waals surface area (Å²) in [6.45, 7) is 0.169. The third-order valence-corrected chi connectivity index (χ3v) is 4.56. The highest BCUT2D eigenvalue weighted by molar-refractivity contribution is 6.36. The van der Waals surface area contributed by atoms with Crippen LogP contribution in [0, 0.1) is 0 Å². The summed E-state index contributed by atoms with van der Waals surface area (Å²) in [5.41, 5.74) is 2.55. The van der Waals surface area contributed by atoms with E-state index in [0.717, 1.165) is 4.57 Å². The molecular weight excluding hydrogens is 355 g/mol. The molecule has 0 saturated carbocycles. The molecular formula is C14H14Cl2N6O2. The van der Waals surface area contributed by atoms with Gasteiger partial charge in [-0.15, -0.1) is 0 Å². The van der Waals surface area contributed by atoms with E-state index in [0.29, 0.717) is 15.6 Å². The molecule has 0 bridgehead atoms. The number of hydrogen-bond acceptors (Lipinski definition) is 5. The number of rotatable bonds is 3. The number of halogens is 2. The number of nitrogens with zero attached hydrogens (tertiary/aromatic N) is 4. The number of imidazole rings is 1. The summed E-state index contributed by atoms with van der Waals surface area (Å²) in [5, 5.41) is 0.905. The van der Waals surface area contributed by atoms with E-state index in [9.17, 15) is 9.59 Å². The van der Waals surface area contributed by atoms with E-state index >= 15 is 0 Å². The van der Waals surface area contributed by atoms with Gasteiger partial charge in [0.15, 0.2) is 11.2 Å². The van der Waals surface area contributed by atoms with Crippen molar-refractivity contribution in [2.24, 2.45) is 19.9 Å². The molecule has 0 amide bonds. The fraction of sp³-hybridized carbons (Fsp3) is 0.214. The second-order valence-electron chi connectivity index (χ2n) is 5.24. The van der Waals surface area contributed by atoms with Crippen LogP contribution < -0.4 is 22.5 Å². The normalized spacial score (nSPS) is 11.2. The maximum absolute atomic E-state index is 12.6. The second kappa shape index (κ2) is 5.97. The van der Waals surface area contributed by atoms with Crippen molar-refractivity contribution in [1.29, 1.82) is 0 Å². The minimum Gasteiger partial charge on any atom is -0.299 e. The van der Waals surface area contributed by atoms with Gasteiger partial charge in [0.25, 0.3) is 5.56 Å². The Morgan fingerprint density at radius 2 is 1.79 bits per heavy atom. The summed E-state index contributed by atoms with van der Waals surface area (Å²) in [5.74, 6) is 5.75. The van der Waals surface area contributed by atoms with Crippen molar-refractivity contribution in [3.63, 3.8) is 0 Å². The molecule has 0 aliphatic heterocycles. The van der Waals surface area contributed by atoms with Crippen molar-refractivity contribution < 1.29 is 0 Å². The molecule has 0 aliphatic carbocycles. The van der Waals surface area contributed by atoms with E-state index in [1.165, 1.54) is 18.7 Å². The fourth-order valence-electron chi connectivity index (χ4n) is 2.55. The van der Waals surface area contributed by atoms with Crippen molar-refractivity contribution in [2.75, 3.05) is 5.43 Å². The summed E-state index contributed by atoms with van der Waals surface area (Å²) in [4.78, 5) is 28.9. The van der Waals surface area contributed by atoms with Crippen molar-refractivity contribution >= 4 is 40.3 Å². The molecule has 2 heterocycles. The number of nitrogens with two attached hydrogens (primary N) is 1. The summed E-state index contributed by atoms with van der Waals surface area (Å²) in [7, 11) is 2.93. The van der Waals surface area contributed by atoms with Crippen LogP contribution in [0.5, 0.6) is 0 Å². The molecule has 0 atom stereocenters. The van der Waals surface area contributed by atoms with Gasteiger partial charge in [0.1, 0.15) is 0 Å². The average Bonchev–Trinajstić information content (AvgIpc) is 2.93. The molecule has 0 radical (unpaired) electrons. The molecule has 3 rings (SSSR count). The number of hydrogen-bond donors (Lipinski definition) is 2. The van der Waals surface area contributed by atoms with E-state index < -0.39 is 11.2 Å². The van der Waals surface area contributed by atoms with Crippen LogP contribution in [-0.2, 0) is 20.6 Å². The largest absolute Gasteiger partial charge is 0.332 e. The zero-order valence-corrected chi connectivity index (χ0v) is 14.4. The number of nitrogens with one attached hydrogen (secondary N) is 1. The lowest BCUT2D eigenvalue weighted by Gasteiger charge is -2.11. The van der Waals surface area contributed by atoms with Crippen LogP contribution in [0.25, 0.3) is 11.2 Å². The van der Waals surface area contributed by atoms with Crippen LogP contribution in [0.4, 0.5) is 5.95 Å². The highest BCUT2D eigenvalue weighted by atomic mass is 35.5. The summed E-state index contributed by atoms with van der Waals surface area (Å²) in [6, 6.07) is 5.13. The first-order valence-electron chi connectivity index (χ1n) is 6.92. The van der Waals surface area contributed by atoms with E-state index in [2.05, 4.69) is 10.4 Å². The van der Waals surface area contributed by atoms with E-state index in [-0.39, 0.29) is 23.7 Å². The molecule has 0 unspecified atom stereocenters. The highest BCUT2D eigenvalue weighted by Gasteiger charge is 2.20. The fourth-order valence-corrected chi connectivity index (χ4v) is 3.07. The molecule has 126 valence electrons. The Morgan fingerprint density at radius 1 is 1.17 bits per heavy atom. The second-order valence-corrected chi connectivity index (χ2v) is 6.06. The number of nitrogen functional groups attached to an aromatic ring is 1. The van der Waals surface area contributed by atoms with E-state index in [1.54, 1.807) is 22.8 Å². The quantitative estimate of drug-likeness (QED) is 0.532. The van der Waals surface area contributed by atoms with E-state index in [4.69, 9.17) is 29.0 Å². The van der Waals surface area contributed by atoms with Crippen molar-refractivity contribution in [3.8, 4) is 0 Å². The minimum absolute atomic E-state index is 0.169. The smallest absolute Gasteiger partial charge is 0.299 e. The topological polar surface area (TPSA) is 99.9 Å². The molecule has 0 fully saturated rings. The van der Waals surface area contributed by atoms with E-state index in [1.807, 2.05) is 0 Å². The van der Waals surface area contributed by atoms with Gasteiger partial charge in [0.2, 0.25) is 5.95 Å². The van der Waals surface area contributed by atoms with Gasteiger partial charge in [0.05, 0.1) is 6.54 Å². The standard InChI is InChI=1S/C14H14Cl2N6O2/c1-20-11-10(12(23)21(2)14(20)24)22(13(18-11)19-17)6-7-8(15)4-3-5-9(7)16/h3-5H,6,17H2,1-2H3,(H,18,19). The molecule has 24 heavy (non-hydrogen) atoms. The Balaban J connectivity index is 2.36. The molecule has 3 N–H and O–H groups in total.